The Kier molecular flexibility index (Phi) is 5.94. The lowest BCUT2D eigenvalue weighted by Crippen LogP contribution is -2.23. The van der Waals surface area contributed by atoms with Crippen molar-refractivity contribution in [2.24, 2.45) is 0 Å². The molecule has 2 aromatic rings. The smallest absolute Gasteiger partial charge is 0.107 e. The van der Waals surface area contributed by atoms with Crippen LogP contribution in [0.5, 0.6) is 0 Å². The fourth-order valence-electron chi connectivity index (χ4n) is 2.12. The summed E-state index contributed by atoms with van der Waals surface area (Å²) >= 11 is 17.3. The summed E-state index contributed by atoms with van der Waals surface area (Å²) in [7, 11) is 0. The average Bonchev–Trinajstić information content (AvgIpc) is 2.72. The first-order valence-electron chi connectivity index (χ1n) is 6.47. The third-order valence-electron chi connectivity index (χ3n) is 3.09. The predicted molar refractivity (Wildman–Crippen MR) is 93.4 cm³/mol. The van der Waals surface area contributed by atoms with Gasteiger partial charge in [0.25, 0.3) is 0 Å². The van der Waals surface area contributed by atoms with Crippen molar-refractivity contribution < 1.29 is 0 Å². The van der Waals surface area contributed by atoms with Crippen molar-refractivity contribution in [2.75, 3.05) is 6.54 Å². The minimum Gasteiger partial charge on any atom is -0.306 e. The second-order valence-electron chi connectivity index (χ2n) is 4.66. The molecule has 1 nitrogen and oxygen atoms in total. The van der Waals surface area contributed by atoms with E-state index in [0.717, 1.165) is 26.8 Å². The molecule has 1 atom stereocenters. The molecule has 0 aliphatic heterocycles. The van der Waals surface area contributed by atoms with Crippen molar-refractivity contribution in [1.29, 1.82) is 0 Å². The summed E-state index contributed by atoms with van der Waals surface area (Å²) in [6.07, 6.45) is 1.09. The highest BCUT2D eigenvalue weighted by atomic mass is 79.9. The van der Waals surface area contributed by atoms with Gasteiger partial charge in [0.05, 0.1) is 6.04 Å². The van der Waals surface area contributed by atoms with E-state index in [1.54, 1.807) is 11.3 Å². The van der Waals surface area contributed by atoms with Crippen LogP contribution in [0, 0.1) is 6.92 Å². The largest absolute Gasteiger partial charge is 0.306 e. The lowest BCUT2D eigenvalue weighted by atomic mass is 10.00. The molecule has 1 N–H and O–H groups in total. The van der Waals surface area contributed by atoms with Gasteiger partial charge in [0.2, 0.25) is 0 Å². The first-order valence-corrected chi connectivity index (χ1v) is 8.83. The number of hydrogen-bond donors (Lipinski definition) is 1. The van der Waals surface area contributed by atoms with Crippen LogP contribution in [0.1, 0.15) is 35.4 Å². The molecular weight excluding hydrogens is 377 g/mol. The molecular formula is C15H16BrCl2NS. The van der Waals surface area contributed by atoms with Crippen LogP contribution in [-0.4, -0.2) is 6.54 Å². The van der Waals surface area contributed by atoms with Crippen molar-refractivity contribution in [3.63, 3.8) is 0 Å². The number of nitrogens with one attached hydrogen (secondary N) is 1. The number of benzene rings is 1. The van der Waals surface area contributed by atoms with Crippen molar-refractivity contribution in [2.45, 2.75) is 26.3 Å². The summed E-state index contributed by atoms with van der Waals surface area (Å²) in [6, 6.07) is 8.28. The van der Waals surface area contributed by atoms with Gasteiger partial charge in [0.1, 0.15) is 4.34 Å². The van der Waals surface area contributed by atoms with Gasteiger partial charge in [-0.2, -0.15) is 0 Å². The fraction of sp³-hybridized carbons (Fsp3) is 0.333. The number of aryl methyl sites for hydroxylation is 1. The van der Waals surface area contributed by atoms with Gasteiger partial charge < -0.3 is 5.32 Å². The molecule has 0 amide bonds. The molecule has 0 saturated carbocycles. The van der Waals surface area contributed by atoms with Crippen molar-refractivity contribution in [3.8, 4) is 0 Å². The molecule has 0 bridgehead atoms. The molecule has 0 aliphatic rings. The van der Waals surface area contributed by atoms with Crippen LogP contribution in [0.15, 0.2) is 28.7 Å². The minimum atomic E-state index is 0.154. The second-order valence-corrected chi connectivity index (χ2v) is 7.64. The lowest BCUT2D eigenvalue weighted by molar-refractivity contribution is 0.603. The second kappa shape index (κ2) is 7.28. The van der Waals surface area contributed by atoms with Crippen molar-refractivity contribution in [1.82, 2.24) is 5.32 Å². The predicted octanol–water partition coefficient (Wildman–Crippen LogP) is 6.21. The van der Waals surface area contributed by atoms with Crippen LogP contribution in [-0.2, 0) is 0 Å². The normalized spacial score (nSPS) is 12.7. The molecule has 0 saturated heterocycles. The van der Waals surface area contributed by atoms with E-state index in [1.807, 2.05) is 12.1 Å². The molecule has 0 aliphatic carbocycles. The quantitative estimate of drug-likeness (QED) is 0.637. The molecule has 1 aromatic carbocycles. The summed E-state index contributed by atoms with van der Waals surface area (Å²) in [6.45, 7) is 5.21. The number of halogens is 3. The van der Waals surface area contributed by atoms with Crippen LogP contribution in [0.3, 0.4) is 0 Å². The molecule has 1 unspecified atom stereocenters. The van der Waals surface area contributed by atoms with Gasteiger partial charge in [-0.25, -0.2) is 0 Å². The van der Waals surface area contributed by atoms with E-state index in [0.29, 0.717) is 0 Å². The van der Waals surface area contributed by atoms with E-state index in [1.165, 1.54) is 16.0 Å². The molecule has 20 heavy (non-hydrogen) atoms. The number of rotatable bonds is 5. The van der Waals surface area contributed by atoms with E-state index in [-0.39, 0.29) is 6.04 Å². The Morgan fingerprint density at radius 2 is 2.05 bits per heavy atom. The average molecular weight is 393 g/mol. The molecule has 0 radical (unpaired) electrons. The third-order valence-corrected chi connectivity index (χ3v) is 5.86. The fourth-order valence-corrected chi connectivity index (χ4v) is 4.18. The number of hydrogen-bond acceptors (Lipinski definition) is 2. The van der Waals surface area contributed by atoms with Gasteiger partial charge in [0, 0.05) is 14.4 Å². The molecule has 0 fully saturated rings. The van der Waals surface area contributed by atoms with Crippen molar-refractivity contribution in [3.05, 3.63) is 54.1 Å². The Morgan fingerprint density at radius 1 is 1.30 bits per heavy atom. The van der Waals surface area contributed by atoms with Crippen LogP contribution in [0.2, 0.25) is 9.36 Å². The first-order chi connectivity index (χ1) is 9.52. The molecule has 1 aromatic heterocycles. The van der Waals surface area contributed by atoms with Crippen LogP contribution < -0.4 is 5.32 Å². The number of thiophene rings is 1. The van der Waals surface area contributed by atoms with Crippen molar-refractivity contribution >= 4 is 50.5 Å². The Hall–Kier alpha value is -0.0600. The summed E-state index contributed by atoms with van der Waals surface area (Å²) in [5, 5.41) is 4.36. The standard InChI is InChI=1S/C15H16BrCl2NS/c1-3-6-19-14(13-8-12(16)15(18)20-13)11-5-4-10(17)7-9(11)2/h4-5,7-8,14,19H,3,6H2,1-2H3. The van der Waals surface area contributed by atoms with Gasteiger partial charge in [-0.3, -0.25) is 0 Å². The summed E-state index contributed by atoms with van der Waals surface area (Å²) < 4.78 is 1.74. The van der Waals surface area contributed by atoms with Crippen LogP contribution >= 0.6 is 50.5 Å². The van der Waals surface area contributed by atoms with Crippen LogP contribution in [0.4, 0.5) is 0 Å². The molecule has 5 heteroatoms. The van der Waals surface area contributed by atoms with Gasteiger partial charge in [0.15, 0.2) is 0 Å². The van der Waals surface area contributed by atoms with E-state index in [4.69, 9.17) is 23.2 Å². The molecule has 108 valence electrons. The zero-order chi connectivity index (χ0) is 14.7. The SMILES string of the molecule is CCCNC(c1cc(Br)c(Cl)s1)c1ccc(Cl)cc1C. The Bertz CT molecular complexity index is 578. The van der Waals surface area contributed by atoms with Gasteiger partial charge >= 0.3 is 0 Å². The summed E-state index contributed by atoms with van der Waals surface area (Å²) in [4.78, 5) is 1.21. The highest BCUT2D eigenvalue weighted by Gasteiger charge is 2.19. The Balaban J connectivity index is 2.41. The van der Waals surface area contributed by atoms with E-state index < -0.39 is 0 Å². The highest BCUT2D eigenvalue weighted by molar-refractivity contribution is 9.10. The topological polar surface area (TPSA) is 12.0 Å². The molecule has 0 spiro atoms. The zero-order valence-corrected chi connectivity index (χ0v) is 15.3. The maximum absolute atomic E-state index is 6.18. The third kappa shape index (κ3) is 3.77. The minimum absolute atomic E-state index is 0.154. The summed E-state index contributed by atoms with van der Waals surface area (Å²) in [5.41, 5.74) is 2.43. The zero-order valence-electron chi connectivity index (χ0n) is 11.3. The molecule has 1 heterocycles. The van der Waals surface area contributed by atoms with Gasteiger partial charge in [-0.05, 0) is 65.1 Å². The lowest BCUT2D eigenvalue weighted by Gasteiger charge is -2.20. The Labute approximate surface area is 142 Å². The van der Waals surface area contributed by atoms with E-state index in [9.17, 15) is 0 Å². The maximum Gasteiger partial charge on any atom is 0.107 e. The Morgan fingerprint density at radius 3 is 2.60 bits per heavy atom. The van der Waals surface area contributed by atoms with Gasteiger partial charge in [-0.15, -0.1) is 11.3 Å². The first kappa shape index (κ1) is 16.3. The van der Waals surface area contributed by atoms with Crippen LogP contribution in [0.25, 0.3) is 0 Å². The molecule has 2 rings (SSSR count). The monoisotopic (exact) mass is 391 g/mol. The highest BCUT2D eigenvalue weighted by Crippen LogP contribution is 2.38. The maximum atomic E-state index is 6.18. The van der Waals surface area contributed by atoms with E-state index >= 15 is 0 Å². The summed E-state index contributed by atoms with van der Waals surface area (Å²) in [5.74, 6) is 0. The van der Waals surface area contributed by atoms with E-state index in [2.05, 4.69) is 47.2 Å². The van der Waals surface area contributed by atoms with Gasteiger partial charge in [-0.1, -0.05) is 36.2 Å².